The largest absolute Gasteiger partial charge is 0.466 e. The highest BCUT2D eigenvalue weighted by Crippen LogP contribution is 2.44. The number of anilines is 1. The fraction of sp³-hybridized carbons (Fsp3) is 0.417. The second-order valence-corrected chi connectivity index (χ2v) is 5.31. The van der Waals surface area contributed by atoms with Gasteiger partial charge in [0.2, 0.25) is 0 Å². The van der Waals surface area contributed by atoms with Gasteiger partial charge in [0.25, 0.3) is 0 Å². The monoisotopic (exact) mass is 234 g/mol. The number of thiazole rings is 1. The maximum absolute atomic E-state index is 5.72. The van der Waals surface area contributed by atoms with Gasteiger partial charge in [-0.2, -0.15) is 0 Å². The molecular weight excluding hydrogens is 220 g/mol. The predicted molar refractivity (Wildman–Crippen MR) is 66.2 cm³/mol. The molecular formula is C12H14N2OS. The van der Waals surface area contributed by atoms with Gasteiger partial charge >= 0.3 is 0 Å². The van der Waals surface area contributed by atoms with Crippen molar-refractivity contribution in [2.24, 2.45) is 0 Å². The summed E-state index contributed by atoms with van der Waals surface area (Å²) < 4.78 is 5.72. The van der Waals surface area contributed by atoms with Crippen molar-refractivity contribution in [1.82, 2.24) is 4.98 Å². The topological polar surface area (TPSA) is 38.1 Å². The van der Waals surface area contributed by atoms with Crippen molar-refractivity contribution in [2.75, 3.05) is 12.4 Å². The number of rotatable bonds is 1. The van der Waals surface area contributed by atoms with Crippen LogP contribution in [0.15, 0.2) is 10.5 Å². The summed E-state index contributed by atoms with van der Waals surface area (Å²) in [5.41, 5.74) is 2.29. The Morgan fingerprint density at radius 1 is 1.56 bits per heavy atom. The fourth-order valence-corrected chi connectivity index (χ4v) is 3.24. The van der Waals surface area contributed by atoms with E-state index in [1.807, 2.05) is 14.0 Å². The molecule has 2 heterocycles. The van der Waals surface area contributed by atoms with Gasteiger partial charge in [-0.05, 0) is 18.9 Å². The molecule has 16 heavy (non-hydrogen) atoms. The molecule has 4 heteroatoms. The van der Waals surface area contributed by atoms with Crippen LogP contribution in [0.5, 0.6) is 0 Å². The quantitative estimate of drug-likeness (QED) is 0.821. The summed E-state index contributed by atoms with van der Waals surface area (Å²) >= 11 is 1.75. The van der Waals surface area contributed by atoms with Crippen LogP contribution in [0.2, 0.25) is 0 Å². The molecule has 1 N–H and O–H groups in total. The Kier molecular flexibility index (Phi) is 2.07. The third kappa shape index (κ3) is 1.29. The minimum absolute atomic E-state index is 0.507. The van der Waals surface area contributed by atoms with E-state index in [9.17, 15) is 0 Å². The van der Waals surface area contributed by atoms with E-state index in [1.165, 1.54) is 10.4 Å². The van der Waals surface area contributed by atoms with Gasteiger partial charge in [-0.1, -0.05) is 6.92 Å². The van der Waals surface area contributed by atoms with Gasteiger partial charge in [0.05, 0.1) is 5.69 Å². The molecule has 0 saturated heterocycles. The second kappa shape index (κ2) is 3.35. The molecule has 1 aliphatic carbocycles. The van der Waals surface area contributed by atoms with E-state index in [1.54, 1.807) is 11.3 Å². The molecule has 84 valence electrons. The summed E-state index contributed by atoms with van der Waals surface area (Å²) in [7, 11) is 1.91. The highest BCUT2D eigenvalue weighted by atomic mass is 32.1. The summed E-state index contributed by atoms with van der Waals surface area (Å²) in [6, 6.07) is 2.10. The number of hydrogen-bond donors (Lipinski definition) is 1. The Morgan fingerprint density at radius 3 is 3.12 bits per heavy atom. The summed E-state index contributed by atoms with van der Waals surface area (Å²) in [4.78, 5) is 5.99. The lowest BCUT2D eigenvalue weighted by Crippen LogP contribution is -2.04. The molecule has 2 aromatic rings. The van der Waals surface area contributed by atoms with Gasteiger partial charge in [0.1, 0.15) is 11.5 Å². The molecule has 0 amide bonds. The Bertz CT molecular complexity index is 541. The molecule has 0 spiro atoms. The number of furan rings is 1. The van der Waals surface area contributed by atoms with Gasteiger partial charge in [-0.3, -0.25) is 0 Å². The number of nitrogens with zero attached hydrogens (tertiary/aromatic N) is 1. The lowest BCUT2D eigenvalue weighted by Gasteiger charge is -2.15. The standard InChI is InChI=1S/C12H14N2OS/c1-6-4-9-8(5-7(2)15-9)10-11(6)16-12(13-3)14-10/h5-6H,4H2,1-3H3,(H,13,14). The van der Waals surface area contributed by atoms with Crippen LogP contribution in [0.4, 0.5) is 5.13 Å². The van der Waals surface area contributed by atoms with Crippen LogP contribution in [-0.4, -0.2) is 12.0 Å². The third-order valence-corrected chi connectivity index (χ3v) is 4.30. The molecule has 0 saturated carbocycles. The van der Waals surface area contributed by atoms with Crippen molar-refractivity contribution in [3.05, 3.63) is 22.5 Å². The first-order valence-electron chi connectivity index (χ1n) is 5.47. The van der Waals surface area contributed by atoms with Crippen molar-refractivity contribution < 1.29 is 4.42 Å². The zero-order valence-corrected chi connectivity index (χ0v) is 10.4. The highest BCUT2D eigenvalue weighted by Gasteiger charge is 2.28. The Hall–Kier alpha value is -1.29. The molecule has 0 fully saturated rings. The van der Waals surface area contributed by atoms with E-state index in [-0.39, 0.29) is 0 Å². The zero-order chi connectivity index (χ0) is 11.3. The van der Waals surface area contributed by atoms with Crippen LogP contribution in [0.1, 0.15) is 29.2 Å². The second-order valence-electron chi connectivity index (χ2n) is 4.28. The van der Waals surface area contributed by atoms with Crippen molar-refractivity contribution in [3.63, 3.8) is 0 Å². The van der Waals surface area contributed by atoms with Crippen molar-refractivity contribution >= 4 is 16.5 Å². The Morgan fingerprint density at radius 2 is 2.38 bits per heavy atom. The highest BCUT2D eigenvalue weighted by molar-refractivity contribution is 7.16. The number of nitrogens with one attached hydrogen (secondary N) is 1. The van der Waals surface area contributed by atoms with Crippen LogP contribution < -0.4 is 5.32 Å². The first-order valence-corrected chi connectivity index (χ1v) is 6.29. The minimum atomic E-state index is 0.507. The van der Waals surface area contributed by atoms with Gasteiger partial charge in [-0.15, -0.1) is 11.3 Å². The molecule has 0 radical (unpaired) electrons. The SMILES string of the molecule is CNc1nc2c(s1)C(C)Cc1oc(C)cc1-2. The van der Waals surface area contributed by atoms with Crippen LogP contribution in [0.25, 0.3) is 11.3 Å². The first-order chi connectivity index (χ1) is 7.69. The molecule has 1 atom stereocenters. The molecule has 0 bridgehead atoms. The number of aryl methyl sites for hydroxylation is 1. The zero-order valence-electron chi connectivity index (χ0n) is 9.63. The van der Waals surface area contributed by atoms with Crippen molar-refractivity contribution in [1.29, 1.82) is 0 Å². The van der Waals surface area contributed by atoms with Gasteiger partial charge in [0, 0.05) is 23.9 Å². The molecule has 0 aliphatic heterocycles. The van der Waals surface area contributed by atoms with Crippen LogP contribution in [-0.2, 0) is 6.42 Å². The number of aromatic nitrogens is 1. The first kappa shape index (κ1) is 9.90. The van der Waals surface area contributed by atoms with E-state index in [0.29, 0.717) is 5.92 Å². The van der Waals surface area contributed by atoms with Gasteiger partial charge in [0.15, 0.2) is 5.13 Å². The van der Waals surface area contributed by atoms with Crippen molar-refractivity contribution in [2.45, 2.75) is 26.2 Å². The normalized spacial score (nSPS) is 18.1. The number of fused-ring (bicyclic) bond motifs is 3. The number of hydrogen-bond acceptors (Lipinski definition) is 4. The average Bonchev–Trinajstić information content (AvgIpc) is 2.80. The Labute approximate surface area is 98.5 Å². The van der Waals surface area contributed by atoms with E-state index >= 15 is 0 Å². The van der Waals surface area contributed by atoms with E-state index in [4.69, 9.17) is 4.42 Å². The van der Waals surface area contributed by atoms with Gasteiger partial charge < -0.3 is 9.73 Å². The average molecular weight is 234 g/mol. The molecule has 2 aromatic heterocycles. The summed E-state index contributed by atoms with van der Waals surface area (Å²) in [6.07, 6.45) is 0.988. The fourth-order valence-electron chi connectivity index (χ4n) is 2.25. The summed E-state index contributed by atoms with van der Waals surface area (Å²) in [5.74, 6) is 2.57. The molecule has 1 unspecified atom stereocenters. The lowest BCUT2D eigenvalue weighted by molar-refractivity contribution is 0.469. The predicted octanol–water partition coefficient (Wildman–Crippen LogP) is 3.41. The Balaban J connectivity index is 2.22. The van der Waals surface area contributed by atoms with E-state index in [2.05, 4.69) is 23.3 Å². The van der Waals surface area contributed by atoms with Crippen LogP contribution in [0, 0.1) is 6.92 Å². The third-order valence-electron chi connectivity index (χ3n) is 2.99. The van der Waals surface area contributed by atoms with E-state index < -0.39 is 0 Å². The van der Waals surface area contributed by atoms with Gasteiger partial charge in [-0.25, -0.2) is 4.98 Å². The lowest BCUT2D eigenvalue weighted by atomic mass is 9.92. The maximum atomic E-state index is 5.72. The smallest absolute Gasteiger partial charge is 0.183 e. The summed E-state index contributed by atoms with van der Waals surface area (Å²) in [5, 5.41) is 4.11. The van der Waals surface area contributed by atoms with Crippen LogP contribution >= 0.6 is 11.3 Å². The maximum Gasteiger partial charge on any atom is 0.183 e. The molecule has 0 aromatic carbocycles. The van der Waals surface area contributed by atoms with Crippen molar-refractivity contribution in [3.8, 4) is 11.3 Å². The minimum Gasteiger partial charge on any atom is -0.466 e. The molecule has 3 nitrogen and oxygen atoms in total. The van der Waals surface area contributed by atoms with Crippen LogP contribution in [0.3, 0.4) is 0 Å². The van der Waals surface area contributed by atoms with E-state index in [0.717, 1.165) is 28.8 Å². The summed E-state index contributed by atoms with van der Waals surface area (Å²) in [6.45, 7) is 4.23. The molecule has 3 rings (SSSR count). The molecule has 1 aliphatic rings.